The first kappa shape index (κ1) is 19.6. The van der Waals surface area contributed by atoms with Crippen LogP contribution in [0, 0.1) is 20.8 Å². The monoisotopic (exact) mass is 459 g/mol. The quantitative estimate of drug-likeness (QED) is 0.330. The largest absolute Gasteiger partial charge is 0.417 e. The van der Waals surface area contributed by atoms with Crippen LogP contribution >= 0.6 is 15.9 Å². The normalized spacial score (nSPS) is 12.0. The SMILES string of the molecule is Cc1ccc(-n2nc(C)c3c(C(F)(F)F)cc(-c4ccc(Br)cc4)nc32)cc1C. The Morgan fingerprint density at radius 2 is 1.59 bits per heavy atom. The molecule has 0 saturated carbocycles. The molecule has 0 amide bonds. The number of alkyl halides is 3. The molecule has 0 unspecified atom stereocenters. The number of pyridine rings is 1. The van der Waals surface area contributed by atoms with Crippen molar-refractivity contribution in [1.29, 1.82) is 0 Å². The molecule has 0 fully saturated rings. The van der Waals surface area contributed by atoms with Gasteiger partial charge >= 0.3 is 6.18 Å². The Balaban J connectivity index is 2.05. The number of hydrogen-bond acceptors (Lipinski definition) is 2. The van der Waals surface area contributed by atoms with E-state index in [0.717, 1.165) is 21.7 Å². The molecule has 148 valence electrons. The summed E-state index contributed by atoms with van der Waals surface area (Å²) in [5, 5.41) is 4.43. The van der Waals surface area contributed by atoms with Crippen molar-refractivity contribution in [2.75, 3.05) is 0 Å². The van der Waals surface area contributed by atoms with Crippen molar-refractivity contribution in [3.05, 3.63) is 75.4 Å². The van der Waals surface area contributed by atoms with Crippen molar-refractivity contribution in [3.8, 4) is 16.9 Å². The lowest BCUT2D eigenvalue weighted by atomic mass is 10.1. The Kier molecular flexibility index (Phi) is 4.73. The van der Waals surface area contributed by atoms with Crippen molar-refractivity contribution in [2.24, 2.45) is 0 Å². The van der Waals surface area contributed by atoms with Crippen LogP contribution < -0.4 is 0 Å². The lowest BCUT2D eigenvalue weighted by molar-refractivity contribution is -0.136. The van der Waals surface area contributed by atoms with Crippen molar-refractivity contribution in [2.45, 2.75) is 26.9 Å². The van der Waals surface area contributed by atoms with Gasteiger partial charge in [0.05, 0.1) is 28.0 Å². The average Bonchev–Trinajstić information content (AvgIpc) is 3.00. The highest BCUT2D eigenvalue weighted by molar-refractivity contribution is 9.10. The van der Waals surface area contributed by atoms with Crippen LogP contribution in [0.1, 0.15) is 22.4 Å². The van der Waals surface area contributed by atoms with E-state index in [-0.39, 0.29) is 16.7 Å². The van der Waals surface area contributed by atoms with Crippen LogP contribution in [-0.2, 0) is 6.18 Å². The highest BCUT2D eigenvalue weighted by Crippen LogP contribution is 2.38. The molecule has 0 radical (unpaired) electrons. The van der Waals surface area contributed by atoms with E-state index >= 15 is 0 Å². The van der Waals surface area contributed by atoms with Crippen LogP contribution in [-0.4, -0.2) is 14.8 Å². The van der Waals surface area contributed by atoms with Gasteiger partial charge in [-0.25, -0.2) is 9.67 Å². The summed E-state index contributed by atoms with van der Waals surface area (Å²) in [6.45, 7) is 5.52. The molecule has 7 heteroatoms. The molecule has 0 spiro atoms. The van der Waals surface area contributed by atoms with Gasteiger partial charge in [0, 0.05) is 10.0 Å². The van der Waals surface area contributed by atoms with Crippen molar-refractivity contribution < 1.29 is 13.2 Å². The predicted octanol–water partition coefficient (Wildman–Crippen LogP) is 6.79. The predicted molar refractivity (Wildman–Crippen MR) is 111 cm³/mol. The fraction of sp³-hybridized carbons (Fsp3) is 0.182. The first-order chi connectivity index (χ1) is 13.6. The van der Waals surface area contributed by atoms with E-state index in [1.165, 1.54) is 4.68 Å². The zero-order chi connectivity index (χ0) is 20.9. The molecule has 0 atom stereocenters. The number of nitrogens with zero attached hydrogens (tertiary/aromatic N) is 3. The third-order valence-corrected chi connectivity index (χ3v) is 5.52. The molecule has 0 aliphatic heterocycles. The van der Waals surface area contributed by atoms with Gasteiger partial charge in [-0.05, 0) is 62.2 Å². The second-order valence-electron chi connectivity index (χ2n) is 7.02. The van der Waals surface area contributed by atoms with Gasteiger partial charge in [0.2, 0.25) is 0 Å². The summed E-state index contributed by atoms with van der Waals surface area (Å²) in [5.74, 6) is 0. The van der Waals surface area contributed by atoms with Crippen LogP contribution in [0.25, 0.3) is 28.0 Å². The number of aryl methyl sites for hydroxylation is 3. The molecule has 0 N–H and O–H groups in total. The fourth-order valence-electron chi connectivity index (χ4n) is 3.32. The Morgan fingerprint density at radius 1 is 0.897 bits per heavy atom. The minimum atomic E-state index is -4.52. The summed E-state index contributed by atoms with van der Waals surface area (Å²) in [6, 6.07) is 13.8. The zero-order valence-corrected chi connectivity index (χ0v) is 17.6. The van der Waals surface area contributed by atoms with Gasteiger partial charge in [-0.2, -0.15) is 18.3 Å². The molecule has 0 saturated heterocycles. The van der Waals surface area contributed by atoms with Crippen molar-refractivity contribution >= 4 is 27.0 Å². The summed E-state index contributed by atoms with van der Waals surface area (Å²) in [4.78, 5) is 4.58. The van der Waals surface area contributed by atoms with Crippen molar-refractivity contribution in [1.82, 2.24) is 14.8 Å². The number of rotatable bonds is 2. The Bertz CT molecular complexity index is 1230. The summed E-state index contributed by atoms with van der Waals surface area (Å²) < 4.78 is 44.1. The first-order valence-electron chi connectivity index (χ1n) is 8.96. The smallest absolute Gasteiger partial charge is 0.228 e. The molecule has 2 heterocycles. The first-order valence-corrected chi connectivity index (χ1v) is 9.75. The van der Waals surface area contributed by atoms with E-state index in [2.05, 4.69) is 26.0 Å². The van der Waals surface area contributed by atoms with E-state index < -0.39 is 11.7 Å². The van der Waals surface area contributed by atoms with Gasteiger partial charge in [-0.3, -0.25) is 0 Å². The third-order valence-electron chi connectivity index (χ3n) is 4.99. The number of benzene rings is 2. The van der Waals surface area contributed by atoms with E-state index in [0.29, 0.717) is 16.9 Å². The second kappa shape index (κ2) is 6.99. The molecule has 3 nitrogen and oxygen atoms in total. The highest BCUT2D eigenvalue weighted by atomic mass is 79.9. The van der Waals surface area contributed by atoms with Gasteiger partial charge in [0.1, 0.15) is 0 Å². The minimum absolute atomic E-state index is 0.0246. The van der Waals surface area contributed by atoms with Gasteiger partial charge in [0.25, 0.3) is 0 Å². The summed E-state index contributed by atoms with van der Waals surface area (Å²) in [5.41, 5.74) is 3.42. The van der Waals surface area contributed by atoms with Gasteiger partial charge in [-0.1, -0.05) is 34.1 Å². The van der Waals surface area contributed by atoms with Gasteiger partial charge in [-0.15, -0.1) is 0 Å². The van der Waals surface area contributed by atoms with Crippen molar-refractivity contribution in [3.63, 3.8) is 0 Å². The highest BCUT2D eigenvalue weighted by Gasteiger charge is 2.35. The molecule has 2 aromatic carbocycles. The molecule has 0 aliphatic carbocycles. The standard InChI is InChI=1S/C22H17BrF3N3/c1-12-4-9-17(10-13(12)2)29-21-20(14(3)28-29)18(22(24,25)26)11-19(27-21)15-5-7-16(23)8-6-15/h4-11H,1-3H3. The molecule has 0 aliphatic rings. The van der Waals surface area contributed by atoms with Gasteiger partial charge < -0.3 is 0 Å². The van der Waals surface area contributed by atoms with E-state index in [1.807, 2.05) is 32.0 Å². The average molecular weight is 460 g/mol. The maximum atomic E-state index is 13.9. The summed E-state index contributed by atoms with van der Waals surface area (Å²) in [7, 11) is 0. The Hall–Kier alpha value is -2.67. The third kappa shape index (κ3) is 3.55. The number of halogens is 4. The maximum Gasteiger partial charge on any atom is 0.417 e. The molecular formula is C22H17BrF3N3. The van der Waals surface area contributed by atoms with Crippen LogP contribution in [0.2, 0.25) is 0 Å². The molecular weight excluding hydrogens is 443 g/mol. The Morgan fingerprint density at radius 3 is 2.21 bits per heavy atom. The van der Waals surface area contributed by atoms with Gasteiger partial charge in [0.15, 0.2) is 5.65 Å². The number of hydrogen-bond donors (Lipinski definition) is 0. The Labute approximate surface area is 174 Å². The van der Waals surface area contributed by atoms with Crippen LogP contribution in [0.5, 0.6) is 0 Å². The zero-order valence-electron chi connectivity index (χ0n) is 16.0. The topological polar surface area (TPSA) is 30.7 Å². The molecule has 0 bridgehead atoms. The molecule has 2 aromatic heterocycles. The van der Waals surface area contributed by atoms with Crippen LogP contribution in [0.3, 0.4) is 0 Å². The summed E-state index contributed by atoms with van der Waals surface area (Å²) >= 11 is 3.35. The minimum Gasteiger partial charge on any atom is -0.228 e. The van der Waals surface area contributed by atoms with E-state index in [9.17, 15) is 13.2 Å². The second-order valence-corrected chi connectivity index (χ2v) is 7.94. The van der Waals surface area contributed by atoms with Crippen LogP contribution in [0.15, 0.2) is 53.0 Å². The lowest BCUT2D eigenvalue weighted by Gasteiger charge is -2.12. The molecule has 4 aromatic rings. The number of aromatic nitrogens is 3. The van der Waals surface area contributed by atoms with Crippen LogP contribution in [0.4, 0.5) is 13.2 Å². The fourth-order valence-corrected chi connectivity index (χ4v) is 3.58. The molecule has 29 heavy (non-hydrogen) atoms. The number of fused-ring (bicyclic) bond motifs is 1. The lowest BCUT2D eigenvalue weighted by Crippen LogP contribution is -2.08. The summed E-state index contributed by atoms with van der Waals surface area (Å²) in [6.07, 6.45) is -4.52. The maximum absolute atomic E-state index is 13.9. The van der Waals surface area contributed by atoms with E-state index in [4.69, 9.17) is 0 Å². The molecule has 4 rings (SSSR count). The van der Waals surface area contributed by atoms with E-state index in [1.54, 1.807) is 31.2 Å².